The molecule has 0 saturated heterocycles. The highest BCUT2D eigenvalue weighted by Gasteiger charge is 2.16. The lowest BCUT2D eigenvalue weighted by molar-refractivity contribution is 0.164. The second kappa shape index (κ2) is 7.76. The van der Waals surface area contributed by atoms with Gasteiger partial charge in [-0.25, -0.2) is 13.8 Å². The summed E-state index contributed by atoms with van der Waals surface area (Å²) in [7, 11) is 0. The molecule has 7 heteroatoms. The zero-order valence-electron chi connectivity index (χ0n) is 13.5. The molecule has 1 aromatic heterocycles. The largest absolute Gasteiger partial charge is 0.381 e. The molecule has 0 atom stereocenters. The number of halogens is 2. The SMILES string of the molecule is CCOCCSc1nc2ccccc2c(=O)n1-c1ccc(F)cc1F. The van der Waals surface area contributed by atoms with Crippen LogP contribution in [0.25, 0.3) is 16.6 Å². The van der Waals surface area contributed by atoms with Gasteiger partial charge in [-0.05, 0) is 31.2 Å². The highest BCUT2D eigenvalue weighted by Crippen LogP contribution is 2.23. The van der Waals surface area contributed by atoms with E-state index in [1.54, 1.807) is 24.3 Å². The Kier molecular flexibility index (Phi) is 5.45. The van der Waals surface area contributed by atoms with Crippen LogP contribution in [0.3, 0.4) is 0 Å². The van der Waals surface area contributed by atoms with E-state index in [1.807, 2.05) is 6.92 Å². The number of ether oxygens (including phenoxy) is 1. The monoisotopic (exact) mass is 362 g/mol. The smallest absolute Gasteiger partial charge is 0.266 e. The van der Waals surface area contributed by atoms with E-state index in [4.69, 9.17) is 4.74 Å². The summed E-state index contributed by atoms with van der Waals surface area (Å²) in [6, 6.07) is 9.99. The number of rotatable bonds is 6. The van der Waals surface area contributed by atoms with E-state index in [0.717, 1.165) is 12.1 Å². The summed E-state index contributed by atoms with van der Waals surface area (Å²) in [5.74, 6) is -0.957. The molecule has 0 N–H and O–H groups in total. The minimum Gasteiger partial charge on any atom is -0.381 e. The average Bonchev–Trinajstić information content (AvgIpc) is 2.60. The van der Waals surface area contributed by atoms with Gasteiger partial charge in [0.05, 0.1) is 23.2 Å². The van der Waals surface area contributed by atoms with Gasteiger partial charge in [-0.1, -0.05) is 23.9 Å². The molecule has 0 fully saturated rings. The second-order valence-electron chi connectivity index (χ2n) is 5.19. The van der Waals surface area contributed by atoms with Crippen molar-refractivity contribution in [3.05, 3.63) is 64.5 Å². The van der Waals surface area contributed by atoms with Crippen molar-refractivity contribution in [3.8, 4) is 5.69 Å². The Hall–Kier alpha value is -2.25. The Morgan fingerprint density at radius 2 is 2.00 bits per heavy atom. The van der Waals surface area contributed by atoms with E-state index in [0.29, 0.717) is 35.0 Å². The van der Waals surface area contributed by atoms with Gasteiger partial charge in [0.1, 0.15) is 11.6 Å². The van der Waals surface area contributed by atoms with Gasteiger partial charge in [-0.15, -0.1) is 0 Å². The topological polar surface area (TPSA) is 44.1 Å². The fourth-order valence-electron chi connectivity index (χ4n) is 2.42. The highest BCUT2D eigenvalue weighted by atomic mass is 32.2. The van der Waals surface area contributed by atoms with Gasteiger partial charge in [0.15, 0.2) is 5.16 Å². The first kappa shape index (κ1) is 17.6. The van der Waals surface area contributed by atoms with Gasteiger partial charge in [-0.3, -0.25) is 9.36 Å². The number of benzene rings is 2. The molecule has 0 bridgehead atoms. The minimum atomic E-state index is -0.814. The molecule has 0 radical (unpaired) electrons. The van der Waals surface area contributed by atoms with Crippen molar-refractivity contribution in [2.24, 2.45) is 0 Å². The first-order valence-corrected chi connectivity index (χ1v) is 8.78. The van der Waals surface area contributed by atoms with Crippen molar-refractivity contribution in [2.45, 2.75) is 12.1 Å². The quantitative estimate of drug-likeness (QED) is 0.380. The Morgan fingerprint density at radius 1 is 1.20 bits per heavy atom. The van der Waals surface area contributed by atoms with Gasteiger partial charge in [0.2, 0.25) is 0 Å². The third kappa shape index (κ3) is 3.72. The first-order valence-electron chi connectivity index (χ1n) is 7.79. The van der Waals surface area contributed by atoms with Crippen molar-refractivity contribution < 1.29 is 13.5 Å². The molecule has 130 valence electrons. The summed E-state index contributed by atoms with van der Waals surface area (Å²) in [4.78, 5) is 17.4. The molecule has 0 aliphatic carbocycles. The van der Waals surface area contributed by atoms with E-state index in [2.05, 4.69) is 4.98 Å². The number of thioether (sulfide) groups is 1. The molecule has 0 saturated carbocycles. The third-order valence-electron chi connectivity index (χ3n) is 3.56. The fraction of sp³-hybridized carbons (Fsp3) is 0.222. The number of nitrogens with zero attached hydrogens (tertiary/aromatic N) is 2. The van der Waals surface area contributed by atoms with Crippen LogP contribution in [0, 0.1) is 11.6 Å². The summed E-state index contributed by atoms with van der Waals surface area (Å²) in [6.45, 7) is 2.96. The van der Waals surface area contributed by atoms with Crippen LogP contribution in [0.15, 0.2) is 52.4 Å². The maximum atomic E-state index is 14.3. The number of fused-ring (bicyclic) bond motifs is 1. The van der Waals surface area contributed by atoms with Crippen LogP contribution in [0.4, 0.5) is 8.78 Å². The molecule has 0 aliphatic heterocycles. The van der Waals surface area contributed by atoms with Crippen LogP contribution in [-0.4, -0.2) is 28.5 Å². The summed E-state index contributed by atoms with van der Waals surface area (Å²) in [5, 5.41) is 0.717. The number of aromatic nitrogens is 2. The third-order valence-corrected chi connectivity index (χ3v) is 4.46. The predicted molar refractivity (Wildman–Crippen MR) is 94.5 cm³/mol. The van der Waals surface area contributed by atoms with Gasteiger partial charge in [0, 0.05) is 18.4 Å². The van der Waals surface area contributed by atoms with Crippen molar-refractivity contribution in [1.82, 2.24) is 9.55 Å². The zero-order valence-corrected chi connectivity index (χ0v) is 14.4. The maximum Gasteiger partial charge on any atom is 0.266 e. The van der Waals surface area contributed by atoms with Crippen LogP contribution in [0.2, 0.25) is 0 Å². The van der Waals surface area contributed by atoms with Crippen molar-refractivity contribution in [1.29, 1.82) is 0 Å². The molecule has 4 nitrogen and oxygen atoms in total. The summed E-state index contributed by atoms with van der Waals surface area (Å²) in [6.07, 6.45) is 0. The summed E-state index contributed by atoms with van der Waals surface area (Å²) in [5.41, 5.74) is 0.115. The Bertz CT molecular complexity index is 959. The molecular formula is C18H16F2N2O2S. The standard InChI is InChI=1S/C18H16F2N2O2S/c1-2-24-9-10-25-18-21-15-6-4-3-5-13(15)17(23)22(18)16-8-7-12(19)11-14(16)20/h3-8,11H,2,9-10H2,1H3. The first-order chi connectivity index (χ1) is 12.1. The van der Waals surface area contributed by atoms with E-state index in [-0.39, 0.29) is 5.69 Å². The lowest BCUT2D eigenvalue weighted by Gasteiger charge is -2.14. The molecular weight excluding hydrogens is 346 g/mol. The Morgan fingerprint density at radius 3 is 2.76 bits per heavy atom. The molecule has 3 rings (SSSR count). The number of hydrogen-bond donors (Lipinski definition) is 0. The fourth-order valence-corrected chi connectivity index (χ4v) is 3.28. The Labute approximate surface area is 147 Å². The van der Waals surface area contributed by atoms with Crippen LogP contribution in [0.5, 0.6) is 0 Å². The zero-order chi connectivity index (χ0) is 17.8. The van der Waals surface area contributed by atoms with E-state index < -0.39 is 17.2 Å². The Balaban J connectivity index is 2.16. The molecule has 0 unspecified atom stereocenters. The van der Waals surface area contributed by atoms with Crippen LogP contribution >= 0.6 is 11.8 Å². The van der Waals surface area contributed by atoms with Crippen LogP contribution < -0.4 is 5.56 Å². The predicted octanol–water partition coefficient (Wildman–Crippen LogP) is 3.79. The molecule has 1 heterocycles. The molecule has 0 amide bonds. The normalized spacial score (nSPS) is 11.2. The number of para-hydroxylation sites is 1. The van der Waals surface area contributed by atoms with E-state index >= 15 is 0 Å². The summed E-state index contributed by atoms with van der Waals surface area (Å²) >= 11 is 1.29. The lowest BCUT2D eigenvalue weighted by Crippen LogP contribution is -2.23. The van der Waals surface area contributed by atoms with Crippen LogP contribution in [0.1, 0.15) is 6.92 Å². The van der Waals surface area contributed by atoms with E-state index in [9.17, 15) is 13.6 Å². The summed E-state index contributed by atoms with van der Waals surface area (Å²) < 4.78 is 34.0. The van der Waals surface area contributed by atoms with Crippen molar-refractivity contribution in [3.63, 3.8) is 0 Å². The molecule has 0 spiro atoms. The van der Waals surface area contributed by atoms with Gasteiger partial charge in [-0.2, -0.15) is 0 Å². The molecule has 25 heavy (non-hydrogen) atoms. The molecule has 2 aromatic carbocycles. The molecule has 3 aromatic rings. The second-order valence-corrected chi connectivity index (χ2v) is 6.26. The van der Waals surface area contributed by atoms with Crippen LogP contribution in [-0.2, 0) is 4.74 Å². The maximum absolute atomic E-state index is 14.3. The number of hydrogen-bond acceptors (Lipinski definition) is 4. The minimum absolute atomic E-state index is 0.0245. The highest BCUT2D eigenvalue weighted by molar-refractivity contribution is 7.99. The molecule has 0 aliphatic rings. The van der Waals surface area contributed by atoms with Crippen molar-refractivity contribution >= 4 is 22.7 Å². The average molecular weight is 362 g/mol. The van der Waals surface area contributed by atoms with Gasteiger partial charge >= 0.3 is 0 Å². The van der Waals surface area contributed by atoms with E-state index in [1.165, 1.54) is 22.4 Å². The van der Waals surface area contributed by atoms with Crippen molar-refractivity contribution in [2.75, 3.05) is 19.0 Å². The lowest BCUT2D eigenvalue weighted by atomic mass is 10.2. The van der Waals surface area contributed by atoms with Gasteiger partial charge < -0.3 is 4.74 Å². The van der Waals surface area contributed by atoms with Gasteiger partial charge in [0.25, 0.3) is 5.56 Å².